The topological polar surface area (TPSA) is 38.0 Å². The second-order valence-electron chi connectivity index (χ2n) is 6.06. The van der Waals surface area contributed by atoms with Gasteiger partial charge >= 0.3 is 0 Å². The third kappa shape index (κ3) is 3.23. The Hall–Kier alpha value is -1.54. The zero-order valence-electron chi connectivity index (χ0n) is 11.5. The monoisotopic (exact) mass is 242 g/mol. The van der Waals surface area contributed by atoms with Crippen LogP contribution in [0.4, 0.5) is 5.69 Å². The highest BCUT2D eigenvalue weighted by Gasteiger charge is 2.09. The first kappa shape index (κ1) is 12.9. The molecule has 0 amide bonds. The third-order valence-corrected chi connectivity index (χ3v) is 2.98. The number of hydrogen-bond acceptors (Lipinski definition) is 2. The zero-order valence-corrected chi connectivity index (χ0v) is 11.5. The summed E-state index contributed by atoms with van der Waals surface area (Å²) in [6.07, 6.45) is 0. The second-order valence-corrected chi connectivity index (χ2v) is 6.06. The van der Waals surface area contributed by atoms with Crippen LogP contribution in [0.5, 0.6) is 0 Å². The van der Waals surface area contributed by atoms with Crippen molar-refractivity contribution in [2.24, 2.45) is 5.41 Å². The van der Waals surface area contributed by atoms with Crippen molar-refractivity contribution in [3.05, 3.63) is 42.0 Å². The smallest absolute Gasteiger partial charge is 0.0366 e. The molecule has 2 rings (SSSR count). The van der Waals surface area contributed by atoms with E-state index in [-0.39, 0.29) is 0 Å². The standard InChI is InChI=1S/C16H22N2/c1-16(2,3)11-18-10-14-8-12-6-4-5-7-13(12)9-15(14)17/h4-9,18H,10-11,17H2,1-3H3. The molecule has 0 heterocycles. The summed E-state index contributed by atoms with van der Waals surface area (Å²) in [6.45, 7) is 8.49. The third-order valence-electron chi connectivity index (χ3n) is 2.98. The van der Waals surface area contributed by atoms with Gasteiger partial charge in [-0.05, 0) is 33.9 Å². The van der Waals surface area contributed by atoms with E-state index in [1.165, 1.54) is 16.3 Å². The van der Waals surface area contributed by atoms with Crippen LogP contribution in [0, 0.1) is 5.41 Å². The van der Waals surface area contributed by atoms with Crippen LogP contribution in [-0.4, -0.2) is 6.54 Å². The van der Waals surface area contributed by atoms with Crippen LogP contribution >= 0.6 is 0 Å². The molecule has 2 aromatic rings. The van der Waals surface area contributed by atoms with Crippen LogP contribution in [0.25, 0.3) is 10.8 Å². The zero-order chi connectivity index (χ0) is 13.2. The molecule has 2 nitrogen and oxygen atoms in total. The van der Waals surface area contributed by atoms with Gasteiger partial charge in [0.25, 0.3) is 0 Å². The van der Waals surface area contributed by atoms with E-state index in [2.05, 4.69) is 56.4 Å². The van der Waals surface area contributed by atoms with Gasteiger partial charge in [0.1, 0.15) is 0 Å². The van der Waals surface area contributed by atoms with E-state index in [9.17, 15) is 0 Å². The normalized spacial score (nSPS) is 11.9. The second kappa shape index (κ2) is 4.99. The Labute approximate surface area is 109 Å². The molecule has 0 unspecified atom stereocenters. The molecule has 2 aromatic carbocycles. The fourth-order valence-electron chi connectivity index (χ4n) is 2.03. The number of anilines is 1. The molecule has 96 valence electrons. The molecule has 0 saturated carbocycles. The number of hydrogen-bond donors (Lipinski definition) is 2. The fraction of sp³-hybridized carbons (Fsp3) is 0.375. The summed E-state index contributed by atoms with van der Waals surface area (Å²) in [6, 6.07) is 12.6. The molecule has 0 radical (unpaired) electrons. The molecule has 0 aliphatic rings. The lowest BCUT2D eigenvalue weighted by atomic mass is 9.97. The predicted molar refractivity (Wildman–Crippen MR) is 79.5 cm³/mol. The largest absolute Gasteiger partial charge is 0.398 e. The summed E-state index contributed by atoms with van der Waals surface area (Å²) in [5, 5.41) is 5.92. The van der Waals surface area contributed by atoms with E-state index in [1.54, 1.807) is 0 Å². The Morgan fingerprint density at radius 1 is 1.06 bits per heavy atom. The maximum Gasteiger partial charge on any atom is 0.0366 e. The molecule has 0 aliphatic carbocycles. The molecule has 0 spiro atoms. The number of nitrogen functional groups attached to an aromatic ring is 1. The number of benzene rings is 2. The first-order valence-corrected chi connectivity index (χ1v) is 6.43. The molecule has 0 aliphatic heterocycles. The van der Waals surface area contributed by atoms with E-state index >= 15 is 0 Å². The predicted octanol–water partition coefficient (Wildman–Crippen LogP) is 3.56. The van der Waals surface area contributed by atoms with Crippen molar-refractivity contribution in [3.8, 4) is 0 Å². The lowest BCUT2D eigenvalue weighted by Gasteiger charge is -2.19. The molecule has 0 saturated heterocycles. The van der Waals surface area contributed by atoms with Gasteiger partial charge in [-0.15, -0.1) is 0 Å². The average molecular weight is 242 g/mol. The van der Waals surface area contributed by atoms with Gasteiger partial charge < -0.3 is 11.1 Å². The minimum Gasteiger partial charge on any atom is -0.398 e. The van der Waals surface area contributed by atoms with Crippen LogP contribution in [-0.2, 0) is 6.54 Å². The highest BCUT2D eigenvalue weighted by molar-refractivity contribution is 5.86. The van der Waals surface area contributed by atoms with E-state index in [0.29, 0.717) is 5.41 Å². The van der Waals surface area contributed by atoms with Gasteiger partial charge in [0.05, 0.1) is 0 Å². The molecular formula is C16H22N2. The van der Waals surface area contributed by atoms with E-state index in [1.807, 2.05) is 6.07 Å². The summed E-state index contributed by atoms with van der Waals surface area (Å²) in [5.74, 6) is 0. The van der Waals surface area contributed by atoms with Crippen molar-refractivity contribution in [2.45, 2.75) is 27.3 Å². The maximum atomic E-state index is 6.10. The molecule has 0 fully saturated rings. The Bertz CT molecular complexity index is 538. The number of nitrogens with one attached hydrogen (secondary N) is 1. The Balaban J connectivity index is 2.15. The van der Waals surface area contributed by atoms with Gasteiger partial charge in [0.15, 0.2) is 0 Å². The summed E-state index contributed by atoms with van der Waals surface area (Å²) in [7, 11) is 0. The summed E-state index contributed by atoms with van der Waals surface area (Å²) < 4.78 is 0. The molecule has 18 heavy (non-hydrogen) atoms. The van der Waals surface area contributed by atoms with Gasteiger partial charge in [-0.25, -0.2) is 0 Å². The van der Waals surface area contributed by atoms with Crippen LogP contribution in [0.1, 0.15) is 26.3 Å². The highest BCUT2D eigenvalue weighted by atomic mass is 14.9. The van der Waals surface area contributed by atoms with Gasteiger partial charge in [-0.1, -0.05) is 45.0 Å². The fourth-order valence-corrected chi connectivity index (χ4v) is 2.03. The minimum absolute atomic E-state index is 0.297. The minimum atomic E-state index is 0.297. The molecular weight excluding hydrogens is 220 g/mol. The van der Waals surface area contributed by atoms with Crippen LogP contribution < -0.4 is 11.1 Å². The maximum absolute atomic E-state index is 6.10. The van der Waals surface area contributed by atoms with Crippen molar-refractivity contribution in [1.29, 1.82) is 0 Å². The highest BCUT2D eigenvalue weighted by Crippen LogP contribution is 2.22. The first-order valence-electron chi connectivity index (χ1n) is 6.43. The molecule has 0 bridgehead atoms. The van der Waals surface area contributed by atoms with Crippen molar-refractivity contribution in [1.82, 2.24) is 5.32 Å². The van der Waals surface area contributed by atoms with Crippen molar-refractivity contribution in [3.63, 3.8) is 0 Å². The van der Waals surface area contributed by atoms with Crippen LogP contribution in [0.15, 0.2) is 36.4 Å². The molecule has 3 N–H and O–H groups in total. The van der Waals surface area contributed by atoms with Gasteiger partial charge in [-0.3, -0.25) is 0 Å². The van der Waals surface area contributed by atoms with Crippen molar-refractivity contribution < 1.29 is 0 Å². The van der Waals surface area contributed by atoms with Gasteiger partial charge in [0, 0.05) is 18.8 Å². The first-order chi connectivity index (χ1) is 8.46. The van der Waals surface area contributed by atoms with Gasteiger partial charge in [-0.2, -0.15) is 0 Å². The Kier molecular flexibility index (Phi) is 3.58. The molecule has 0 atom stereocenters. The molecule has 0 aromatic heterocycles. The van der Waals surface area contributed by atoms with Crippen molar-refractivity contribution >= 4 is 16.5 Å². The summed E-state index contributed by atoms with van der Waals surface area (Å²) in [5.41, 5.74) is 8.44. The Morgan fingerprint density at radius 3 is 2.28 bits per heavy atom. The molecule has 2 heteroatoms. The number of rotatable bonds is 3. The van der Waals surface area contributed by atoms with E-state index in [0.717, 1.165) is 18.8 Å². The van der Waals surface area contributed by atoms with Crippen LogP contribution in [0.3, 0.4) is 0 Å². The van der Waals surface area contributed by atoms with E-state index in [4.69, 9.17) is 5.73 Å². The van der Waals surface area contributed by atoms with E-state index < -0.39 is 0 Å². The summed E-state index contributed by atoms with van der Waals surface area (Å²) >= 11 is 0. The SMILES string of the molecule is CC(C)(C)CNCc1cc2ccccc2cc1N. The van der Waals surface area contributed by atoms with Gasteiger partial charge in [0.2, 0.25) is 0 Å². The number of fused-ring (bicyclic) bond motifs is 1. The lowest BCUT2D eigenvalue weighted by molar-refractivity contribution is 0.379. The van der Waals surface area contributed by atoms with Crippen LogP contribution in [0.2, 0.25) is 0 Å². The Morgan fingerprint density at radius 2 is 1.67 bits per heavy atom. The quantitative estimate of drug-likeness (QED) is 0.808. The average Bonchev–Trinajstić information content (AvgIpc) is 2.28. The number of nitrogens with two attached hydrogens (primary N) is 1. The lowest BCUT2D eigenvalue weighted by Crippen LogP contribution is -2.26. The summed E-state index contributed by atoms with van der Waals surface area (Å²) in [4.78, 5) is 0. The van der Waals surface area contributed by atoms with Crippen molar-refractivity contribution in [2.75, 3.05) is 12.3 Å².